The molecular weight excluding hydrogens is 372 g/mol. The van der Waals surface area contributed by atoms with Gasteiger partial charge in [-0.15, -0.1) is 0 Å². The lowest BCUT2D eigenvalue weighted by atomic mass is 9.78. The number of amidine groups is 1. The van der Waals surface area contributed by atoms with Crippen LogP contribution in [-0.2, 0) is 6.42 Å². The number of hydrogen-bond acceptors (Lipinski definition) is 3. The molecule has 0 aliphatic heterocycles. The zero-order chi connectivity index (χ0) is 22.0. The lowest BCUT2D eigenvalue weighted by Crippen LogP contribution is -2.34. The topological polar surface area (TPSA) is 98.2 Å². The number of nitrogens with two attached hydrogens (primary N) is 1. The fourth-order valence-electron chi connectivity index (χ4n) is 4.26. The number of aromatic amines is 1. The molecule has 30 heavy (non-hydrogen) atoms. The standard InChI is InChI=1S/C25H32N4O/c1-6-17-9-8-14(3)19(11-17)20-13-21-22(12-18(20)7-2)29-25(30)24(21)16(5)28-23(27)10-15(4)26/h8-13,18,20,27,29-30H,6-7,26H2,1-5H3/b15-10-,27-23?,28-16?. The maximum Gasteiger partial charge on any atom is 0.198 e. The van der Waals surface area contributed by atoms with Crippen molar-refractivity contribution in [2.75, 3.05) is 0 Å². The van der Waals surface area contributed by atoms with Crippen LogP contribution in [0.15, 0.2) is 35.0 Å². The van der Waals surface area contributed by atoms with Crippen molar-refractivity contribution in [3.05, 3.63) is 62.8 Å². The first-order valence-electron chi connectivity index (χ1n) is 10.6. The number of aryl methyl sites for hydroxylation is 2. The molecule has 1 aliphatic rings. The van der Waals surface area contributed by atoms with Gasteiger partial charge in [0.1, 0.15) is 5.84 Å². The molecule has 2 aromatic rings. The molecule has 0 radical (unpaired) electrons. The monoisotopic (exact) mass is 404 g/mol. The van der Waals surface area contributed by atoms with Crippen molar-refractivity contribution in [2.24, 2.45) is 16.6 Å². The van der Waals surface area contributed by atoms with Crippen molar-refractivity contribution in [1.82, 2.24) is 4.98 Å². The third-order valence-corrected chi connectivity index (χ3v) is 5.83. The summed E-state index contributed by atoms with van der Waals surface area (Å²) in [5.41, 5.74) is 11.4. The van der Waals surface area contributed by atoms with Gasteiger partial charge in [-0.05, 0) is 56.2 Å². The van der Waals surface area contributed by atoms with Gasteiger partial charge in [-0.1, -0.05) is 44.2 Å². The Morgan fingerprint density at radius 3 is 2.63 bits per heavy atom. The molecule has 158 valence electrons. The predicted octanol–water partition coefficient (Wildman–Crippen LogP) is 3.62. The molecule has 1 aromatic heterocycles. The molecule has 0 fully saturated rings. The first-order chi connectivity index (χ1) is 14.2. The maximum absolute atomic E-state index is 10.6. The van der Waals surface area contributed by atoms with Crippen LogP contribution < -0.4 is 16.3 Å². The third-order valence-electron chi connectivity index (χ3n) is 5.83. The summed E-state index contributed by atoms with van der Waals surface area (Å²) in [5.74, 6) is 0.717. The van der Waals surface area contributed by atoms with Crippen LogP contribution in [0.1, 0.15) is 62.3 Å². The average Bonchev–Trinajstić information content (AvgIpc) is 3.01. The third kappa shape index (κ3) is 4.25. The highest BCUT2D eigenvalue weighted by Crippen LogP contribution is 2.34. The highest BCUT2D eigenvalue weighted by Gasteiger charge is 2.25. The van der Waals surface area contributed by atoms with E-state index >= 15 is 0 Å². The van der Waals surface area contributed by atoms with E-state index in [0.717, 1.165) is 23.4 Å². The summed E-state index contributed by atoms with van der Waals surface area (Å²) in [5, 5.41) is 20.5. The van der Waals surface area contributed by atoms with Crippen molar-refractivity contribution in [1.29, 1.82) is 5.41 Å². The lowest BCUT2D eigenvalue weighted by molar-refractivity contribution is 0.455. The van der Waals surface area contributed by atoms with Crippen LogP contribution in [0.4, 0.5) is 0 Å². The molecule has 5 N–H and O–H groups in total. The second kappa shape index (κ2) is 8.74. The molecule has 2 atom stereocenters. The summed E-state index contributed by atoms with van der Waals surface area (Å²) >= 11 is 0. The fraction of sp³-hybridized carbons (Fsp3) is 0.360. The first-order valence-corrected chi connectivity index (χ1v) is 10.6. The van der Waals surface area contributed by atoms with Crippen LogP contribution in [0.5, 0.6) is 5.88 Å². The number of allylic oxidation sites excluding steroid dienone is 1. The van der Waals surface area contributed by atoms with Crippen LogP contribution in [0, 0.1) is 18.3 Å². The summed E-state index contributed by atoms with van der Waals surface area (Å²) in [4.78, 5) is 7.45. The largest absolute Gasteiger partial charge is 0.494 e. The number of H-pyrrole nitrogens is 1. The number of fused-ring (bicyclic) bond motifs is 1. The first kappa shape index (κ1) is 21.6. The molecule has 0 spiro atoms. The van der Waals surface area contributed by atoms with Gasteiger partial charge >= 0.3 is 0 Å². The Labute approximate surface area is 178 Å². The van der Waals surface area contributed by atoms with Gasteiger partial charge in [-0.2, -0.15) is 0 Å². The van der Waals surface area contributed by atoms with Gasteiger partial charge in [0.25, 0.3) is 0 Å². The van der Waals surface area contributed by atoms with Gasteiger partial charge in [0.05, 0.1) is 11.3 Å². The quantitative estimate of drug-likeness (QED) is 0.452. The van der Waals surface area contributed by atoms with Crippen LogP contribution >= 0.6 is 0 Å². The molecule has 5 heteroatoms. The second-order valence-corrected chi connectivity index (χ2v) is 8.12. The normalized spacial score (nSPS) is 19.1. The minimum Gasteiger partial charge on any atom is -0.494 e. The lowest BCUT2D eigenvalue weighted by Gasteiger charge is -2.25. The average molecular weight is 405 g/mol. The Morgan fingerprint density at radius 2 is 2.00 bits per heavy atom. The molecule has 0 saturated heterocycles. The maximum atomic E-state index is 10.6. The smallest absolute Gasteiger partial charge is 0.198 e. The Bertz CT molecular complexity index is 1150. The number of aliphatic imine (C=N–C) groups is 1. The van der Waals surface area contributed by atoms with Crippen LogP contribution in [0.3, 0.4) is 0 Å². The molecule has 3 rings (SSSR count). The van der Waals surface area contributed by atoms with Crippen LogP contribution in [-0.4, -0.2) is 21.6 Å². The van der Waals surface area contributed by atoms with Gasteiger partial charge in [0.2, 0.25) is 0 Å². The molecule has 2 unspecified atom stereocenters. The number of rotatable bonds is 5. The number of nitrogens with one attached hydrogen (secondary N) is 2. The van der Waals surface area contributed by atoms with E-state index in [4.69, 9.17) is 11.1 Å². The summed E-state index contributed by atoms with van der Waals surface area (Å²) in [7, 11) is 0. The minimum absolute atomic E-state index is 0.0658. The molecule has 0 bridgehead atoms. The van der Waals surface area contributed by atoms with E-state index in [1.54, 1.807) is 6.92 Å². The van der Waals surface area contributed by atoms with Crippen molar-refractivity contribution in [2.45, 2.75) is 53.4 Å². The van der Waals surface area contributed by atoms with Gasteiger partial charge in [0.15, 0.2) is 5.88 Å². The summed E-state index contributed by atoms with van der Waals surface area (Å²) in [6.07, 6.45) is 7.99. The fourth-order valence-corrected chi connectivity index (χ4v) is 4.26. The van der Waals surface area contributed by atoms with Gasteiger partial charge in [-0.3, -0.25) is 5.41 Å². The van der Waals surface area contributed by atoms with Gasteiger partial charge < -0.3 is 15.8 Å². The molecule has 5 nitrogen and oxygen atoms in total. The van der Waals surface area contributed by atoms with Crippen molar-refractivity contribution in [3.63, 3.8) is 0 Å². The van der Waals surface area contributed by atoms with Crippen LogP contribution in [0.2, 0.25) is 0 Å². The summed E-state index contributed by atoms with van der Waals surface area (Å²) in [6.45, 7) is 10.1. The zero-order valence-electron chi connectivity index (χ0n) is 18.5. The molecule has 1 heterocycles. The second-order valence-electron chi connectivity index (χ2n) is 8.12. The number of aromatic hydroxyl groups is 1. The highest BCUT2D eigenvalue weighted by molar-refractivity contribution is 6.09. The predicted molar refractivity (Wildman–Crippen MR) is 126 cm³/mol. The zero-order valence-corrected chi connectivity index (χ0v) is 18.5. The molecule has 0 amide bonds. The van der Waals surface area contributed by atoms with Gasteiger partial charge in [-0.25, -0.2) is 4.99 Å². The van der Waals surface area contributed by atoms with E-state index in [-0.39, 0.29) is 17.6 Å². The number of benzene rings is 1. The Hall–Kier alpha value is -3.08. The summed E-state index contributed by atoms with van der Waals surface area (Å²) in [6, 6.07) is 6.71. The molecular formula is C25H32N4O. The van der Waals surface area contributed by atoms with E-state index in [0.29, 0.717) is 22.9 Å². The van der Waals surface area contributed by atoms with E-state index in [2.05, 4.69) is 61.1 Å². The molecule has 0 saturated carbocycles. The van der Waals surface area contributed by atoms with E-state index in [1.165, 1.54) is 22.8 Å². The van der Waals surface area contributed by atoms with Crippen LogP contribution in [0.25, 0.3) is 12.2 Å². The van der Waals surface area contributed by atoms with Gasteiger partial charge in [0, 0.05) is 28.3 Å². The van der Waals surface area contributed by atoms with E-state index in [9.17, 15) is 5.11 Å². The van der Waals surface area contributed by atoms with Crippen molar-refractivity contribution < 1.29 is 5.11 Å². The Kier molecular flexibility index (Phi) is 6.30. The van der Waals surface area contributed by atoms with Crippen molar-refractivity contribution >= 4 is 23.7 Å². The van der Waals surface area contributed by atoms with Crippen molar-refractivity contribution in [3.8, 4) is 5.88 Å². The number of nitrogens with zero attached hydrogens (tertiary/aromatic N) is 1. The molecule has 1 aliphatic carbocycles. The number of hydrogen-bond donors (Lipinski definition) is 4. The van der Waals surface area contributed by atoms with E-state index in [1.807, 2.05) is 6.92 Å². The summed E-state index contributed by atoms with van der Waals surface area (Å²) < 4.78 is 0. The molecule has 1 aromatic carbocycles. The minimum atomic E-state index is 0.0658. The van der Waals surface area contributed by atoms with E-state index < -0.39 is 0 Å². The number of aromatic nitrogens is 1. The highest BCUT2D eigenvalue weighted by atomic mass is 16.3. The SMILES string of the molecule is CCc1ccc(C)c(C2C=c3c(C(C)=NC(=N)/C=C(/C)N)c(O)[nH]c3=CC2CC)c1. The Balaban J connectivity index is 2.18. The Morgan fingerprint density at radius 1 is 1.27 bits per heavy atom.